The number of benzene rings is 2. The molecule has 21 heavy (non-hydrogen) atoms. The summed E-state index contributed by atoms with van der Waals surface area (Å²) < 4.78 is 3.14. The van der Waals surface area contributed by atoms with Gasteiger partial charge in [-0.1, -0.05) is 40.2 Å². The highest BCUT2D eigenvalue weighted by Crippen LogP contribution is 2.25. The maximum absolute atomic E-state index is 5.93. The summed E-state index contributed by atoms with van der Waals surface area (Å²) in [5.41, 5.74) is 9.14. The molecule has 1 aromatic heterocycles. The van der Waals surface area contributed by atoms with Crippen molar-refractivity contribution in [2.75, 3.05) is 5.32 Å². The molecule has 0 radical (unpaired) electrons. The van der Waals surface area contributed by atoms with Gasteiger partial charge in [-0.15, -0.1) is 0 Å². The number of aromatic nitrogens is 2. The summed E-state index contributed by atoms with van der Waals surface area (Å²) in [6, 6.07) is 16.2. The highest BCUT2D eigenvalue weighted by Gasteiger charge is 2.30. The normalized spacial score (nSPS) is 17.2. The van der Waals surface area contributed by atoms with E-state index in [2.05, 4.69) is 54.0 Å². The first-order valence-electron chi connectivity index (χ1n) is 6.60. The lowest BCUT2D eigenvalue weighted by molar-refractivity contribution is -0.674. The minimum absolute atomic E-state index is 0.185. The Kier molecular flexibility index (Phi) is 2.71. The van der Waals surface area contributed by atoms with Crippen LogP contribution < -0.4 is 15.6 Å². The third-order valence-electron chi connectivity index (χ3n) is 3.56. The van der Waals surface area contributed by atoms with Gasteiger partial charge in [0.05, 0.1) is 0 Å². The topological polar surface area (TPSA) is 70.1 Å². The summed E-state index contributed by atoms with van der Waals surface area (Å²) >= 11 is 3.51. The monoisotopic (exact) mass is 342 g/mol. The van der Waals surface area contributed by atoms with Crippen LogP contribution in [0.3, 0.4) is 0 Å². The summed E-state index contributed by atoms with van der Waals surface area (Å²) in [6.07, 6.45) is -0.185. The van der Waals surface area contributed by atoms with Crippen molar-refractivity contribution < 1.29 is 4.57 Å². The molecule has 0 fully saturated rings. The number of nitrogens with two attached hydrogens (primary N) is 1. The van der Waals surface area contributed by atoms with E-state index in [0.29, 0.717) is 5.96 Å². The zero-order valence-corrected chi connectivity index (χ0v) is 12.6. The van der Waals surface area contributed by atoms with E-state index in [0.717, 1.165) is 27.0 Å². The van der Waals surface area contributed by atoms with Crippen molar-refractivity contribution in [1.29, 1.82) is 0 Å². The fraction of sp³-hybridized carbons (Fsp3) is 0.0667. The van der Waals surface area contributed by atoms with Crippen LogP contribution in [-0.4, -0.2) is 10.9 Å². The summed E-state index contributed by atoms with van der Waals surface area (Å²) in [7, 11) is 0. The first kappa shape index (κ1) is 12.4. The Morgan fingerprint density at radius 3 is 2.86 bits per heavy atom. The number of anilines is 1. The molecule has 0 bridgehead atoms. The molecule has 1 atom stereocenters. The van der Waals surface area contributed by atoms with E-state index >= 15 is 0 Å². The number of hydrogen-bond donors (Lipinski definition) is 3. The van der Waals surface area contributed by atoms with E-state index in [-0.39, 0.29) is 6.17 Å². The minimum atomic E-state index is -0.185. The van der Waals surface area contributed by atoms with E-state index in [4.69, 9.17) is 5.73 Å². The van der Waals surface area contributed by atoms with Gasteiger partial charge in [0.2, 0.25) is 6.17 Å². The standard InChI is InChI=1S/C15H12BrN5/c16-10-5-3-4-9(8-10)13-19-14(17)20-15-18-11-6-1-2-7-12(11)21(13)15/h1-8,13H,(H3,17,18,19,20)/p+1/t13-/m0/s1. The van der Waals surface area contributed by atoms with Gasteiger partial charge in [-0.2, -0.15) is 4.99 Å². The van der Waals surface area contributed by atoms with Crippen LogP contribution in [0, 0.1) is 0 Å². The molecule has 0 aliphatic carbocycles. The third-order valence-corrected chi connectivity index (χ3v) is 4.05. The number of guanidine groups is 1. The Bertz CT molecular complexity index is 867. The maximum atomic E-state index is 5.93. The molecule has 0 unspecified atom stereocenters. The Morgan fingerprint density at radius 2 is 2.00 bits per heavy atom. The molecule has 5 nitrogen and oxygen atoms in total. The number of aliphatic imine (C=N–C) groups is 1. The number of para-hydroxylation sites is 2. The highest BCUT2D eigenvalue weighted by atomic mass is 79.9. The van der Waals surface area contributed by atoms with Gasteiger partial charge in [-0.3, -0.25) is 0 Å². The predicted molar refractivity (Wildman–Crippen MR) is 86.0 cm³/mol. The van der Waals surface area contributed by atoms with Gasteiger partial charge >= 0.3 is 5.95 Å². The smallest absolute Gasteiger partial charge is 0.357 e. The average molecular weight is 343 g/mol. The van der Waals surface area contributed by atoms with Crippen LogP contribution in [-0.2, 0) is 0 Å². The largest absolute Gasteiger partial charge is 0.365 e. The number of H-pyrrole nitrogens is 1. The molecule has 6 heteroatoms. The maximum Gasteiger partial charge on any atom is 0.365 e. The number of imidazole rings is 1. The van der Waals surface area contributed by atoms with Gasteiger partial charge in [0, 0.05) is 10.0 Å². The van der Waals surface area contributed by atoms with Crippen molar-refractivity contribution in [3.8, 4) is 0 Å². The molecule has 2 aromatic carbocycles. The predicted octanol–water partition coefficient (Wildman–Crippen LogP) is 2.50. The van der Waals surface area contributed by atoms with Gasteiger partial charge in [0.25, 0.3) is 5.96 Å². The van der Waals surface area contributed by atoms with E-state index in [1.54, 1.807) is 0 Å². The molecule has 3 aromatic rings. The molecule has 2 heterocycles. The summed E-state index contributed by atoms with van der Waals surface area (Å²) in [4.78, 5) is 7.90. The summed E-state index contributed by atoms with van der Waals surface area (Å²) in [5.74, 6) is 1.25. The lowest BCUT2D eigenvalue weighted by Gasteiger charge is -2.18. The number of nitrogens with one attached hydrogen (secondary N) is 2. The average Bonchev–Trinajstić information content (AvgIpc) is 2.84. The molecule has 1 aliphatic rings. The highest BCUT2D eigenvalue weighted by molar-refractivity contribution is 9.10. The van der Waals surface area contributed by atoms with Gasteiger partial charge in [-0.05, 0) is 24.3 Å². The Labute approximate surface area is 129 Å². The number of aromatic amines is 1. The first-order valence-corrected chi connectivity index (χ1v) is 7.40. The van der Waals surface area contributed by atoms with Crippen LogP contribution in [0.15, 0.2) is 58.0 Å². The van der Waals surface area contributed by atoms with Crippen molar-refractivity contribution in [3.63, 3.8) is 0 Å². The molecule has 4 rings (SSSR count). The Hall–Kier alpha value is -2.34. The van der Waals surface area contributed by atoms with Crippen LogP contribution in [0.1, 0.15) is 11.7 Å². The number of fused-ring (bicyclic) bond motifs is 3. The van der Waals surface area contributed by atoms with Crippen molar-refractivity contribution in [2.24, 2.45) is 10.7 Å². The molecule has 1 aliphatic heterocycles. The van der Waals surface area contributed by atoms with Crippen LogP contribution in [0.5, 0.6) is 0 Å². The van der Waals surface area contributed by atoms with Gasteiger partial charge < -0.3 is 5.73 Å². The fourth-order valence-corrected chi connectivity index (χ4v) is 3.09. The second-order valence-electron chi connectivity index (χ2n) is 4.93. The minimum Gasteiger partial charge on any atom is -0.357 e. The van der Waals surface area contributed by atoms with Gasteiger partial charge in [0.15, 0.2) is 0 Å². The van der Waals surface area contributed by atoms with Crippen molar-refractivity contribution >= 4 is 38.9 Å². The molecule has 0 amide bonds. The van der Waals surface area contributed by atoms with Crippen molar-refractivity contribution in [1.82, 2.24) is 4.98 Å². The Morgan fingerprint density at radius 1 is 1.14 bits per heavy atom. The lowest BCUT2D eigenvalue weighted by atomic mass is 10.1. The molecule has 104 valence electrons. The van der Waals surface area contributed by atoms with Crippen LogP contribution in [0.2, 0.25) is 0 Å². The van der Waals surface area contributed by atoms with Crippen molar-refractivity contribution in [3.05, 3.63) is 58.6 Å². The van der Waals surface area contributed by atoms with E-state index in [1.807, 2.05) is 30.3 Å². The molecule has 0 saturated carbocycles. The molecule has 0 saturated heterocycles. The van der Waals surface area contributed by atoms with Gasteiger partial charge in [-0.25, -0.2) is 14.9 Å². The molecular weight excluding hydrogens is 330 g/mol. The molecule has 4 N–H and O–H groups in total. The third kappa shape index (κ3) is 1.99. The fourth-order valence-electron chi connectivity index (χ4n) is 2.68. The second-order valence-corrected chi connectivity index (χ2v) is 5.84. The first-order chi connectivity index (χ1) is 10.2. The molecular formula is C15H13BrN5+. The lowest BCUT2D eigenvalue weighted by Crippen LogP contribution is -2.48. The number of rotatable bonds is 1. The Balaban J connectivity index is 1.97. The second kappa shape index (κ2) is 4.60. The van der Waals surface area contributed by atoms with Gasteiger partial charge in [0.1, 0.15) is 11.0 Å². The number of nitrogens with zero attached hydrogens (tertiary/aromatic N) is 2. The number of hydrogen-bond acceptors (Lipinski definition) is 3. The van der Waals surface area contributed by atoms with Crippen molar-refractivity contribution in [2.45, 2.75) is 6.17 Å². The molecule has 0 spiro atoms. The van der Waals surface area contributed by atoms with Crippen LogP contribution >= 0.6 is 15.9 Å². The quantitative estimate of drug-likeness (QED) is 0.594. The van der Waals surface area contributed by atoms with Crippen LogP contribution in [0.4, 0.5) is 5.95 Å². The summed E-state index contributed by atoms with van der Waals surface area (Å²) in [5, 5.41) is 3.09. The van der Waals surface area contributed by atoms with E-state index in [9.17, 15) is 0 Å². The number of halogens is 1. The summed E-state index contributed by atoms with van der Waals surface area (Å²) in [6.45, 7) is 0. The van der Waals surface area contributed by atoms with E-state index in [1.165, 1.54) is 0 Å². The zero-order chi connectivity index (χ0) is 14.4. The van der Waals surface area contributed by atoms with Crippen LogP contribution in [0.25, 0.3) is 11.0 Å². The SMILES string of the molecule is NC1=N[C@H](c2cccc(Br)c2)[n+]2c([nH]c3ccccc32)N1. The van der Waals surface area contributed by atoms with E-state index < -0.39 is 0 Å². The zero-order valence-electron chi connectivity index (χ0n) is 11.0.